The fraction of sp³-hybridized carbons (Fsp3) is 0.300. The van der Waals surface area contributed by atoms with Gasteiger partial charge in [0.1, 0.15) is 0 Å². The fourth-order valence-corrected chi connectivity index (χ4v) is 1.35. The Bertz CT molecular complexity index is 515. The van der Waals surface area contributed by atoms with Gasteiger partial charge in [-0.15, -0.1) is 0 Å². The van der Waals surface area contributed by atoms with Crippen molar-refractivity contribution in [1.82, 2.24) is 19.5 Å². The fourth-order valence-electron chi connectivity index (χ4n) is 1.35. The van der Waals surface area contributed by atoms with Crippen LogP contribution in [-0.4, -0.2) is 39.5 Å². The van der Waals surface area contributed by atoms with Crippen LogP contribution in [0, 0.1) is 6.92 Å². The lowest BCUT2D eigenvalue weighted by Gasteiger charge is -2.06. The van der Waals surface area contributed by atoms with E-state index in [1.54, 1.807) is 30.9 Å². The summed E-state index contributed by atoms with van der Waals surface area (Å²) in [5.74, 6) is -0.111. The second-order valence-electron chi connectivity index (χ2n) is 3.59. The molecule has 0 fully saturated rings. The van der Waals surface area contributed by atoms with Crippen LogP contribution in [0.25, 0.3) is 5.65 Å². The van der Waals surface area contributed by atoms with Gasteiger partial charge in [0.15, 0.2) is 11.3 Å². The highest BCUT2D eigenvalue weighted by atomic mass is 16.2. The summed E-state index contributed by atoms with van der Waals surface area (Å²) in [6.07, 6.45) is 1.70. The van der Waals surface area contributed by atoms with Crippen LogP contribution in [0.3, 0.4) is 0 Å². The van der Waals surface area contributed by atoms with Gasteiger partial charge in [0, 0.05) is 32.1 Å². The Labute approximate surface area is 87.3 Å². The molecule has 0 spiro atoms. The zero-order valence-electron chi connectivity index (χ0n) is 8.93. The Hall–Kier alpha value is -1.91. The number of rotatable bonds is 1. The van der Waals surface area contributed by atoms with E-state index in [1.165, 1.54) is 4.90 Å². The number of hydrogen-bond donors (Lipinski definition) is 0. The lowest BCUT2D eigenvalue weighted by Crippen LogP contribution is -2.22. The summed E-state index contributed by atoms with van der Waals surface area (Å²) in [6.45, 7) is 1.92. The van der Waals surface area contributed by atoms with Crippen LogP contribution in [0.2, 0.25) is 0 Å². The van der Waals surface area contributed by atoms with Gasteiger partial charge >= 0.3 is 0 Å². The van der Waals surface area contributed by atoms with Gasteiger partial charge in [-0.2, -0.15) is 5.10 Å². The molecule has 78 valence electrons. The second-order valence-corrected chi connectivity index (χ2v) is 3.59. The van der Waals surface area contributed by atoms with Gasteiger partial charge in [-0.25, -0.2) is 9.50 Å². The Morgan fingerprint density at radius 1 is 1.47 bits per heavy atom. The molecule has 0 aliphatic rings. The third kappa shape index (κ3) is 1.56. The first-order valence-corrected chi connectivity index (χ1v) is 4.62. The van der Waals surface area contributed by atoms with Crippen molar-refractivity contribution in [2.24, 2.45) is 0 Å². The van der Waals surface area contributed by atoms with E-state index >= 15 is 0 Å². The summed E-state index contributed by atoms with van der Waals surface area (Å²) < 4.78 is 1.66. The van der Waals surface area contributed by atoms with Crippen molar-refractivity contribution in [2.75, 3.05) is 14.1 Å². The molecule has 0 radical (unpaired) electrons. The zero-order chi connectivity index (χ0) is 11.0. The standard InChI is InChI=1S/C10H12N4O/c1-7-4-5-11-9-6-8(12-14(7)9)10(15)13(2)3/h4-6H,1-3H3. The Morgan fingerprint density at radius 2 is 2.20 bits per heavy atom. The van der Waals surface area contributed by atoms with Crippen LogP contribution in [0.5, 0.6) is 0 Å². The van der Waals surface area contributed by atoms with Gasteiger partial charge < -0.3 is 4.90 Å². The largest absolute Gasteiger partial charge is 0.343 e. The normalized spacial score (nSPS) is 10.6. The number of aromatic nitrogens is 3. The van der Waals surface area contributed by atoms with Crippen molar-refractivity contribution >= 4 is 11.6 Å². The van der Waals surface area contributed by atoms with Gasteiger partial charge in [-0.05, 0) is 13.0 Å². The van der Waals surface area contributed by atoms with Crippen molar-refractivity contribution in [3.63, 3.8) is 0 Å². The summed E-state index contributed by atoms with van der Waals surface area (Å²) in [4.78, 5) is 17.3. The number of carbonyl (C=O) groups is 1. The van der Waals surface area contributed by atoms with Gasteiger partial charge in [-0.3, -0.25) is 4.79 Å². The van der Waals surface area contributed by atoms with Crippen LogP contribution >= 0.6 is 0 Å². The molecule has 0 aliphatic carbocycles. The first-order chi connectivity index (χ1) is 7.09. The molecule has 0 aromatic carbocycles. The molecule has 15 heavy (non-hydrogen) atoms. The maximum atomic E-state index is 11.6. The molecule has 2 aromatic rings. The summed E-state index contributed by atoms with van der Waals surface area (Å²) in [6, 6.07) is 3.54. The maximum Gasteiger partial charge on any atom is 0.273 e. The first-order valence-electron chi connectivity index (χ1n) is 4.62. The van der Waals surface area contributed by atoms with Crippen LogP contribution in [0.15, 0.2) is 18.3 Å². The third-order valence-corrected chi connectivity index (χ3v) is 2.17. The topological polar surface area (TPSA) is 50.5 Å². The van der Waals surface area contributed by atoms with E-state index in [9.17, 15) is 4.79 Å². The van der Waals surface area contributed by atoms with E-state index in [0.717, 1.165) is 5.69 Å². The molecule has 2 heterocycles. The molecule has 0 N–H and O–H groups in total. The molecular formula is C10H12N4O. The molecule has 0 unspecified atom stereocenters. The average Bonchev–Trinajstić information content (AvgIpc) is 2.61. The predicted molar refractivity (Wildman–Crippen MR) is 55.7 cm³/mol. The number of carbonyl (C=O) groups excluding carboxylic acids is 1. The minimum Gasteiger partial charge on any atom is -0.343 e. The van der Waals surface area contributed by atoms with Gasteiger partial charge in [0.05, 0.1) is 0 Å². The summed E-state index contributed by atoms with van der Waals surface area (Å²) in [5.41, 5.74) is 2.07. The first kappa shape index (κ1) is 9.64. The van der Waals surface area contributed by atoms with Crippen LogP contribution < -0.4 is 0 Å². The Morgan fingerprint density at radius 3 is 2.80 bits per heavy atom. The van der Waals surface area contributed by atoms with Crippen LogP contribution in [0.1, 0.15) is 16.2 Å². The summed E-state index contributed by atoms with van der Waals surface area (Å²) in [5, 5.41) is 4.20. The molecule has 5 heteroatoms. The van der Waals surface area contributed by atoms with Gasteiger partial charge in [0.25, 0.3) is 5.91 Å². The van der Waals surface area contributed by atoms with Gasteiger partial charge in [0.2, 0.25) is 0 Å². The SMILES string of the molecule is Cc1ccnc2cc(C(=O)N(C)C)nn12. The van der Waals surface area contributed by atoms with Crippen molar-refractivity contribution in [2.45, 2.75) is 6.92 Å². The molecule has 5 nitrogen and oxygen atoms in total. The van der Waals surface area contributed by atoms with Gasteiger partial charge in [-0.1, -0.05) is 0 Å². The van der Waals surface area contributed by atoms with E-state index < -0.39 is 0 Å². The monoisotopic (exact) mass is 204 g/mol. The molecule has 0 saturated heterocycles. The van der Waals surface area contributed by atoms with Crippen molar-refractivity contribution < 1.29 is 4.79 Å². The third-order valence-electron chi connectivity index (χ3n) is 2.17. The highest BCUT2D eigenvalue weighted by Gasteiger charge is 2.13. The quantitative estimate of drug-likeness (QED) is 0.688. The molecule has 0 bridgehead atoms. The molecule has 0 aliphatic heterocycles. The van der Waals surface area contributed by atoms with Crippen molar-refractivity contribution in [3.8, 4) is 0 Å². The highest BCUT2D eigenvalue weighted by Crippen LogP contribution is 2.07. The molecule has 0 saturated carbocycles. The number of fused-ring (bicyclic) bond motifs is 1. The lowest BCUT2D eigenvalue weighted by atomic mass is 10.4. The van der Waals surface area contributed by atoms with E-state index in [2.05, 4.69) is 10.1 Å². The van der Waals surface area contributed by atoms with Crippen molar-refractivity contribution in [3.05, 3.63) is 29.7 Å². The molecule has 2 aromatic heterocycles. The van der Waals surface area contributed by atoms with E-state index in [1.807, 2.05) is 13.0 Å². The maximum absolute atomic E-state index is 11.6. The minimum absolute atomic E-state index is 0.111. The van der Waals surface area contributed by atoms with Crippen molar-refractivity contribution in [1.29, 1.82) is 0 Å². The second kappa shape index (κ2) is 3.34. The Balaban J connectivity index is 2.57. The summed E-state index contributed by atoms with van der Waals surface area (Å²) in [7, 11) is 3.40. The lowest BCUT2D eigenvalue weighted by molar-refractivity contribution is 0.0821. The molecular weight excluding hydrogens is 192 g/mol. The summed E-state index contributed by atoms with van der Waals surface area (Å²) >= 11 is 0. The number of amides is 1. The van der Waals surface area contributed by atoms with Crippen LogP contribution in [0.4, 0.5) is 0 Å². The minimum atomic E-state index is -0.111. The van der Waals surface area contributed by atoms with E-state index in [0.29, 0.717) is 11.3 Å². The van der Waals surface area contributed by atoms with Crippen LogP contribution in [-0.2, 0) is 0 Å². The number of nitrogens with zero attached hydrogens (tertiary/aromatic N) is 4. The molecule has 0 atom stereocenters. The average molecular weight is 204 g/mol. The Kier molecular flexibility index (Phi) is 2.15. The van der Waals surface area contributed by atoms with E-state index in [4.69, 9.17) is 0 Å². The number of aryl methyl sites for hydroxylation is 1. The smallest absolute Gasteiger partial charge is 0.273 e. The molecule has 1 amide bonds. The van der Waals surface area contributed by atoms with E-state index in [-0.39, 0.29) is 5.91 Å². The number of hydrogen-bond acceptors (Lipinski definition) is 3. The predicted octanol–water partition coefficient (Wildman–Crippen LogP) is 0.740. The zero-order valence-corrected chi connectivity index (χ0v) is 8.93. The molecule has 2 rings (SSSR count). The highest BCUT2D eigenvalue weighted by molar-refractivity contribution is 5.92.